The molecular weight excluding hydrogens is 436 g/mol. The van der Waals surface area contributed by atoms with Crippen LogP contribution in [0.15, 0.2) is 65.8 Å². The van der Waals surface area contributed by atoms with Gasteiger partial charge in [0.15, 0.2) is 0 Å². The Kier molecular flexibility index (Phi) is 6.03. The Hall–Kier alpha value is -2.97. The number of sulfonamides is 1. The number of amides is 1. The van der Waals surface area contributed by atoms with Gasteiger partial charge in [0.05, 0.1) is 10.6 Å². The third-order valence-corrected chi connectivity index (χ3v) is 8.56. The van der Waals surface area contributed by atoms with Crippen molar-refractivity contribution in [2.75, 3.05) is 18.4 Å². The summed E-state index contributed by atoms with van der Waals surface area (Å²) < 4.78 is 29.7. The van der Waals surface area contributed by atoms with Gasteiger partial charge in [0, 0.05) is 37.1 Å². The number of piperidine rings is 1. The molecule has 0 spiro atoms. The molecule has 2 aromatic carbocycles. The zero-order chi connectivity index (χ0) is 22.8. The van der Waals surface area contributed by atoms with Crippen molar-refractivity contribution >= 4 is 21.6 Å². The molecule has 1 aliphatic carbocycles. The van der Waals surface area contributed by atoms with Crippen LogP contribution in [0.4, 0.5) is 5.69 Å². The first-order valence-electron chi connectivity index (χ1n) is 11.5. The lowest BCUT2D eigenvalue weighted by Crippen LogP contribution is -2.41. The molecule has 1 amide bonds. The summed E-state index contributed by atoms with van der Waals surface area (Å²) in [6, 6.07) is 14.9. The normalized spacial score (nSPS) is 17.5. The second-order valence-electron chi connectivity index (χ2n) is 8.81. The zero-order valence-electron chi connectivity index (χ0n) is 18.5. The van der Waals surface area contributed by atoms with Crippen molar-refractivity contribution in [3.63, 3.8) is 0 Å². The number of anilines is 1. The zero-order valence-corrected chi connectivity index (χ0v) is 19.3. The minimum Gasteiger partial charge on any atom is -0.326 e. The van der Waals surface area contributed by atoms with Crippen molar-refractivity contribution in [1.29, 1.82) is 0 Å². The van der Waals surface area contributed by atoms with Crippen molar-refractivity contribution in [3.8, 4) is 5.69 Å². The molecular formula is C25H28N4O3S. The number of aromatic nitrogens is 2. The van der Waals surface area contributed by atoms with E-state index in [1.165, 1.54) is 16.3 Å². The molecule has 2 heterocycles. The summed E-state index contributed by atoms with van der Waals surface area (Å²) in [5, 5.41) is 7.20. The van der Waals surface area contributed by atoms with E-state index in [1.807, 2.05) is 48.7 Å². The number of nitrogens with zero attached hydrogens (tertiary/aromatic N) is 3. The smallest absolute Gasteiger partial charge is 0.243 e. The Balaban J connectivity index is 1.22. The summed E-state index contributed by atoms with van der Waals surface area (Å²) in [5.41, 5.74) is 4.00. The topological polar surface area (TPSA) is 84.3 Å². The van der Waals surface area contributed by atoms with E-state index in [0.29, 0.717) is 36.5 Å². The summed E-state index contributed by atoms with van der Waals surface area (Å²) in [6.45, 7) is 0.704. The predicted molar refractivity (Wildman–Crippen MR) is 127 cm³/mol. The van der Waals surface area contributed by atoms with Crippen LogP contribution in [0, 0.1) is 5.92 Å². The molecule has 5 rings (SSSR count). The van der Waals surface area contributed by atoms with Crippen LogP contribution in [0.1, 0.15) is 36.8 Å². The number of nitrogens with one attached hydrogen (secondary N) is 1. The van der Waals surface area contributed by atoms with E-state index in [2.05, 4.69) is 10.4 Å². The van der Waals surface area contributed by atoms with Gasteiger partial charge in [0.1, 0.15) is 0 Å². The van der Waals surface area contributed by atoms with Crippen molar-refractivity contribution in [2.45, 2.75) is 43.4 Å². The van der Waals surface area contributed by atoms with E-state index in [-0.39, 0.29) is 11.8 Å². The predicted octanol–water partition coefficient (Wildman–Crippen LogP) is 3.79. The number of hydrogen-bond donors (Lipinski definition) is 1. The van der Waals surface area contributed by atoms with Gasteiger partial charge in [-0.25, -0.2) is 13.1 Å². The van der Waals surface area contributed by atoms with Crippen LogP contribution in [0.3, 0.4) is 0 Å². The van der Waals surface area contributed by atoms with Crippen LogP contribution >= 0.6 is 0 Å². The van der Waals surface area contributed by atoms with Crippen molar-refractivity contribution < 1.29 is 13.2 Å². The maximum Gasteiger partial charge on any atom is 0.243 e. The first-order valence-corrected chi connectivity index (χ1v) is 13.0. The van der Waals surface area contributed by atoms with E-state index in [9.17, 15) is 13.2 Å². The summed E-state index contributed by atoms with van der Waals surface area (Å²) in [7, 11) is -3.54. The fraction of sp³-hybridized carbons (Fsp3) is 0.360. The second kappa shape index (κ2) is 9.11. The third kappa shape index (κ3) is 4.58. The van der Waals surface area contributed by atoms with Gasteiger partial charge in [-0.2, -0.15) is 9.40 Å². The molecule has 3 aromatic rings. The number of carbonyl (C=O) groups is 1. The molecule has 1 aromatic heterocycles. The Morgan fingerprint density at radius 2 is 1.76 bits per heavy atom. The van der Waals surface area contributed by atoms with Gasteiger partial charge in [-0.3, -0.25) is 4.79 Å². The van der Waals surface area contributed by atoms with E-state index in [4.69, 9.17) is 0 Å². The summed E-state index contributed by atoms with van der Waals surface area (Å²) in [6.07, 6.45) is 8.83. The Morgan fingerprint density at radius 3 is 2.52 bits per heavy atom. The summed E-state index contributed by atoms with van der Waals surface area (Å²) in [5.74, 6) is -0.285. The number of carbonyl (C=O) groups excluding carboxylic acids is 1. The molecule has 0 saturated carbocycles. The van der Waals surface area contributed by atoms with E-state index >= 15 is 0 Å². The third-order valence-electron chi connectivity index (χ3n) is 6.67. The SMILES string of the molecule is O=C(Nc1cccc(-n2cccn2)c1)C1CCN(S(=O)(=O)c2ccc3c(c2)CCCC3)CC1. The number of fused-ring (bicyclic) bond motifs is 1. The number of rotatable bonds is 5. The van der Waals surface area contributed by atoms with Crippen molar-refractivity contribution in [1.82, 2.24) is 14.1 Å². The summed E-state index contributed by atoms with van der Waals surface area (Å²) >= 11 is 0. The average molecular weight is 465 g/mol. The highest BCUT2D eigenvalue weighted by Crippen LogP contribution is 2.28. The molecule has 1 aliphatic heterocycles. The standard InChI is InChI=1S/C25H28N4O3S/c30-25(27-22-7-3-8-23(18-22)29-14-4-13-26-29)20-11-15-28(16-12-20)33(31,32)24-10-9-19-5-1-2-6-21(19)17-24/h3-4,7-10,13-14,17-18,20H,1-2,5-6,11-12,15-16H2,(H,27,30). The van der Waals surface area contributed by atoms with E-state index < -0.39 is 10.0 Å². The maximum atomic E-state index is 13.2. The minimum absolute atomic E-state index is 0.0709. The fourth-order valence-electron chi connectivity index (χ4n) is 4.77. The van der Waals surface area contributed by atoms with Gasteiger partial charge >= 0.3 is 0 Å². The minimum atomic E-state index is -3.54. The lowest BCUT2D eigenvalue weighted by atomic mass is 9.92. The molecule has 1 saturated heterocycles. The Labute approximate surface area is 194 Å². The summed E-state index contributed by atoms with van der Waals surface area (Å²) in [4.78, 5) is 13.2. The Bertz CT molecular complexity index is 1250. The van der Waals surface area contributed by atoms with E-state index in [0.717, 1.165) is 30.5 Å². The molecule has 8 heteroatoms. The molecule has 172 valence electrons. The highest BCUT2D eigenvalue weighted by Gasteiger charge is 2.32. The molecule has 0 unspecified atom stereocenters. The van der Waals surface area contributed by atoms with Crippen LogP contribution in [-0.2, 0) is 27.7 Å². The highest BCUT2D eigenvalue weighted by molar-refractivity contribution is 7.89. The molecule has 2 aliphatic rings. The molecule has 33 heavy (non-hydrogen) atoms. The van der Waals surface area contributed by atoms with Gasteiger partial charge < -0.3 is 5.32 Å². The monoisotopic (exact) mass is 464 g/mol. The molecule has 0 atom stereocenters. The van der Waals surface area contributed by atoms with Crippen LogP contribution in [0.5, 0.6) is 0 Å². The maximum absolute atomic E-state index is 13.2. The van der Waals surface area contributed by atoms with Gasteiger partial charge in [-0.1, -0.05) is 12.1 Å². The van der Waals surface area contributed by atoms with Gasteiger partial charge in [-0.15, -0.1) is 0 Å². The van der Waals surface area contributed by atoms with Crippen LogP contribution < -0.4 is 5.32 Å². The van der Waals surface area contributed by atoms with Crippen LogP contribution in [-0.4, -0.2) is 41.5 Å². The lowest BCUT2D eigenvalue weighted by Gasteiger charge is -2.31. The first-order chi connectivity index (χ1) is 16.0. The molecule has 7 nitrogen and oxygen atoms in total. The van der Waals surface area contributed by atoms with Gasteiger partial charge in [0.2, 0.25) is 15.9 Å². The number of aryl methyl sites for hydroxylation is 2. The largest absolute Gasteiger partial charge is 0.326 e. The molecule has 0 bridgehead atoms. The Morgan fingerprint density at radius 1 is 0.970 bits per heavy atom. The quantitative estimate of drug-likeness (QED) is 0.623. The second-order valence-corrected chi connectivity index (χ2v) is 10.7. The van der Waals surface area contributed by atoms with E-state index in [1.54, 1.807) is 16.9 Å². The van der Waals surface area contributed by atoms with Gasteiger partial charge in [-0.05, 0) is 86.1 Å². The first kappa shape index (κ1) is 21.9. The van der Waals surface area contributed by atoms with Crippen LogP contribution in [0.2, 0.25) is 0 Å². The van der Waals surface area contributed by atoms with Crippen molar-refractivity contribution in [2.24, 2.45) is 5.92 Å². The van der Waals surface area contributed by atoms with Crippen LogP contribution in [0.25, 0.3) is 5.69 Å². The average Bonchev–Trinajstić information content (AvgIpc) is 3.39. The van der Waals surface area contributed by atoms with Gasteiger partial charge in [0.25, 0.3) is 0 Å². The molecule has 0 radical (unpaired) electrons. The highest BCUT2D eigenvalue weighted by atomic mass is 32.2. The van der Waals surface area contributed by atoms with Crippen molar-refractivity contribution in [3.05, 3.63) is 72.1 Å². The molecule has 1 N–H and O–H groups in total. The fourth-order valence-corrected chi connectivity index (χ4v) is 6.29. The molecule has 1 fully saturated rings. The number of benzene rings is 2. The lowest BCUT2D eigenvalue weighted by molar-refractivity contribution is -0.120. The number of hydrogen-bond acceptors (Lipinski definition) is 4.